The number of anilines is 1. The Balaban J connectivity index is 1.29. The van der Waals surface area contributed by atoms with E-state index in [0.29, 0.717) is 6.04 Å². The van der Waals surface area contributed by atoms with Gasteiger partial charge in [0.05, 0.1) is 0 Å². The van der Waals surface area contributed by atoms with Crippen LogP contribution in [0.15, 0.2) is 24.3 Å². The van der Waals surface area contributed by atoms with Gasteiger partial charge in [0.25, 0.3) is 0 Å². The van der Waals surface area contributed by atoms with Crippen LogP contribution in [-0.4, -0.2) is 48.0 Å². The lowest BCUT2D eigenvalue weighted by Gasteiger charge is -2.38. The van der Waals surface area contributed by atoms with Gasteiger partial charge in [0, 0.05) is 43.5 Å². The Kier molecular flexibility index (Phi) is 4.67. The first-order valence-electron chi connectivity index (χ1n) is 9.51. The van der Waals surface area contributed by atoms with Gasteiger partial charge in [-0.15, -0.1) is 0 Å². The van der Waals surface area contributed by atoms with Crippen LogP contribution in [0, 0.1) is 11.8 Å². The van der Waals surface area contributed by atoms with Crippen molar-refractivity contribution in [2.24, 2.45) is 11.8 Å². The zero-order valence-electron chi connectivity index (χ0n) is 14.9. The summed E-state index contributed by atoms with van der Waals surface area (Å²) in [6, 6.07) is 8.57. The highest BCUT2D eigenvalue weighted by atomic mass is 32.1. The Labute approximate surface area is 155 Å². The van der Waals surface area contributed by atoms with E-state index in [9.17, 15) is 4.79 Å². The smallest absolute Gasteiger partial charge is 0.169 e. The number of benzene rings is 1. The first-order chi connectivity index (χ1) is 12.1. The van der Waals surface area contributed by atoms with Gasteiger partial charge in [-0.25, -0.2) is 0 Å². The van der Waals surface area contributed by atoms with E-state index in [0.717, 1.165) is 48.7 Å². The van der Waals surface area contributed by atoms with E-state index in [1.54, 1.807) is 6.92 Å². The third-order valence-electron chi connectivity index (χ3n) is 6.25. The number of Topliss-reactive ketones (excluding diaryl/α,β-unsaturated/α-hetero) is 1. The number of fused-ring (bicyclic) bond motifs is 2. The minimum atomic E-state index is 0.119. The number of hydrogen-bond donors (Lipinski definition) is 1. The number of rotatable bonds is 3. The van der Waals surface area contributed by atoms with E-state index in [1.165, 1.54) is 31.4 Å². The summed E-state index contributed by atoms with van der Waals surface area (Å²) in [7, 11) is 0. The van der Waals surface area contributed by atoms with Gasteiger partial charge >= 0.3 is 0 Å². The number of carbonyl (C=O) groups excluding carboxylic acids is 1. The molecule has 0 aromatic heterocycles. The lowest BCUT2D eigenvalue weighted by molar-refractivity contribution is 0.101. The highest BCUT2D eigenvalue weighted by Gasteiger charge is 2.40. The topological polar surface area (TPSA) is 35.6 Å². The van der Waals surface area contributed by atoms with Crippen LogP contribution in [0.25, 0.3) is 0 Å². The molecule has 25 heavy (non-hydrogen) atoms. The SMILES string of the molecule is CC(=O)c1ccc(N2CCN(C(=S)N[C@@H]3C[C@H]4CC[C@@H]3C4)CC2)cc1. The molecule has 1 saturated heterocycles. The highest BCUT2D eigenvalue weighted by molar-refractivity contribution is 7.80. The number of carbonyl (C=O) groups is 1. The molecular formula is C20H27N3OS. The summed E-state index contributed by atoms with van der Waals surface area (Å²) in [5.41, 5.74) is 1.97. The van der Waals surface area contributed by atoms with E-state index >= 15 is 0 Å². The van der Waals surface area contributed by atoms with Crippen molar-refractivity contribution >= 4 is 28.8 Å². The van der Waals surface area contributed by atoms with E-state index in [1.807, 2.05) is 12.1 Å². The maximum atomic E-state index is 11.4. The second-order valence-electron chi connectivity index (χ2n) is 7.81. The Hall–Kier alpha value is -1.62. The second-order valence-corrected chi connectivity index (χ2v) is 8.19. The van der Waals surface area contributed by atoms with Crippen LogP contribution in [0.5, 0.6) is 0 Å². The molecule has 0 spiro atoms. The van der Waals surface area contributed by atoms with Crippen LogP contribution in [0.4, 0.5) is 5.69 Å². The summed E-state index contributed by atoms with van der Waals surface area (Å²) in [5, 5.41) is 4.60. The number of thiocarbonyl (C=S) groups is 1. The number of nitrogens with one attached hydrogen (secondary N) is 1. The molecule has 134 valence electrons. The molecule has 2 saturated carbocycles. The molecule has 1 heterocycles. The Morgan fingerprint density at radius 3 is 2.36 bits per heavy atom. The fourth-order valence-electron chi connectivity index (χ4n) is 4.75. The molecule has 1 aromatic rings. The normalized spacial score (nSPS) is 28.3. The fraction of sp³-hybridized carbons (Fsp3) is 0.600. The van der Waals surface area contributed by atoms with E-state index in [-0.39, 0.29) is 5.78 Å². The molecule has 1 N–H and O–H groups in total. The van der Waals surface area contributed by atoms with Crippen molar-refractivity contribution in [3.05, 3.63) is 29.8 Å². The van der Waals surface area contributed by atoms with Gasteiger partial charge in [-0.3, -0.25) is 4.79 Å². The minimum Gasteiger partial charge on any atom is -0.368 e. The zero-order chi connectivity index (χ0) is 17.4. The van der Waals surface area contributed by atoms with Gasteiger partial charge in [0.2, 0.25) is 0 Å². The van der Waals surface area contributed by atoms with Crippen molar-refractivity contribution in [3.63, 3.8) is 0 Å². The maximum Gasteiger partial charge on any atom is 0.169 e. The van der Waals surface area contributed by atoms with Crippen molar-refractivity contribution < 1.29 is 4.79 Å². The predicted molar refractivity (Wildman–Crippen MR) is 105 cm³/mol. The Bertz CT molecular complexity index is 651. The van der Waals surface area contributed by atoms with Crippen LogP contribution in [0.2, 0.25) is 0 Å². The molecule has 5 heteroatoms. The molecule has 3 fully saturated rings. The van der Waals surface area contributed by atoms with Crippen LogP contribution in [0.3, 0.4) is 0 Å². The Morgan fingerprint density at radius 1 is 1.08 bits per heavy atom. The van der Waals surface area contributed by atoms with Gasteiger partial charge in [-0.05, 0) is 74.5 Å². The molecular weight excluding hydrogens is 330 g/mol. The molecule has 1 aromatic carbocycles. The van der Waals surface area contributed by atoms with Gasteiger partial charge in [-0.2, -0.15) is 0 Å². The van der Waals surface area contributed by atoms with Gasteiger partial charge in [-0.1, -0.05) is 6.42 Å². The van der Waals surface area contributed by atoms with Crippen molar-refractivity contribution in [2.75, 3.05) is 31.1 Å². The lowest BCUT2D eigenvalue weighted by atomic mass is 9.95. The molecule has 2 aliphatic carbocycles. The van der Waals surface area contributed by atoms with Gasteiger partial charge < -0.3 is 15.1 Å². The molecule has 0 amide bonds. The summed E-state index contributed by atoms with van der Waals surface area (Å²) < 4.78 is 0. The van der Waals surface area contributed by atoms with E-state index in [2.05, 4.69) is 27.2 Å². The number of ketones is 1. The largest absolute Gasteiger partial charge is 0.368 e. The molecule has 1 aliphatic heterocycles. The Morgan fingerprint density at radius 2 is 1.80 bits per heavy atom. The van der Waals surface area contributed by atoms with Gasteiger partial charge in [0.15, 0.2) is 10.9 Å². The lowest BCUT2D eigenvalue weighted by Crippen LogP contribution is -2.54. The van der Waals surface area contributed by atoms with E-state index < -0.39 is 0 Å². The fourth-order valence-corrected chi connectivity index (χ4v) is 5.08. The van der Waals surface area contributed by atoms with Gasteiger partial charge in [0.1, 0.15) is 0 Å². The predicted octanol–water partition coefficient (Wildman–Crippen LogP) is 3.07. The summed E-state index contributed by atoms with van der Waals surface area (Å²) in [4.78, 5) is 16.1. The maximum absolute atomic E-state index is 11.4. The van der Waals surface area contributed by atoms with Crippen LogP contribution in [0.1, 0.15) is 43.0 Å². The van der Waals surface area contributed by atoms with Crippen molar-refractivity contribution in [1.29, 1.82) is 0 Å². The van der Waals surface area contributed by atoms with Crippen molar-refractivity contribution in [1.82, 2.24) is 10.2 Å². The van der Waals surface area contributed by atoms with E-state index in [4.69, 9.17) is 12.2 Å². The second kappa shape index (κ2) is 6.94. The summed E-state index contributed by atoms with van der Waals surface area (Å²) in [6.45, 7) is 5.47. The molecule has 3 atom stereocenters. The molecule has 2 bridgehead atoms. The standard InChI is InChI=1S/C20H27N3OS/c1-14(24)16-4-6-18(7-5-16)22-8-10-23(11-9-22)20(25)21-19-13-15-2-3-17(19)12-15/h4-7,15,17,19H,2-3,8-13H2,1H3,(H,21,25)/t15-,17+,19+/m0/s1. The highest BCUT2D eigenvalue weighted by Crippen LogP contribution is 2.44. The third kappa shape index (κ3) is 3.52. The summed E-state index contributed by atoms with van der Waals surface area (Å²) >= 11 is 5.69. The number of nitrogens with zero attached hydrogens (tertiary/aromatic N) is 2. The minimum absolute atomic E-state index is 0.119. The average Bonchev–Trinajstić information content (AvgIpc) is 3.25. The zero-order valence-corrected chi connectivity index (χ0v) is 15.7. The van der Waals surface area contributed by atoms with Crippen molar-refractivity contribution in [3.8, 4) is 0 Å². The van der Waals surface area contributed by atoms with Crippen LogP contribution in [-0.2, 0) is 0 Å². The average molecular weight is 358 g/mol. The molecule has 0 radical (unpaired) electrons. The summed E-state index contributed by atoms with van der Waals surface area (Å²) in [6.07, 6.45) is 5.53. The van der Waals surface area contributed by atoms with Crippen LogP contribution >= 0.6 is 12.2 Å². The summed E-state index contributed by atoms with van der Waals surface area (Å²) in [5.74, 6) is 1.91. The first kappa shape index (κ1) is 16.8. The first-order valence-corrected chi connectivity index (χ1v) is 9.92. The molecule has 4 rings (SSSR count). The molecule has 0 unspecified atom stereocenters. The molecule has 4 nitrogen and oxygen atoms in total. The monoisotopic (exact) mass is 357 g/mol. The number of piperazine rings is 1. The number of hydrogen-bond acceptors (Lipinski definition) is 3. The third-order valence-corrected chi connectivity index (χ3v) is 6.63. The quantitative estimate of drug-likeness (QED) is 0.664. The molecule has 3 aliphatic rings. The van der Waals surface area contributed by atoms with Crippen molar-refractivity contribution in [2.45, 2.75) is 38.6 Å². The van der Waals surface area contributed by atoms with Crippen LogP contribution < -0.4 is 10.2 Å².